The number of hydrogen-bond acceptors (Lipinski definition) is 14. The summed E-state index contributed by atoms with van der Waals surface area (Å²) in [7, 11) is -4.27. The van der Waals surface area contributed by atoms with Crippen LogP contribution in [0.3, 0.4) is 0 Å². The van der Waals surface area contributed by atoms with Crippen LogP contribution in [0, 0.1) is 5.41 Å². The molecule has 1 aliphatic heterocycles. The summed E-state index contributed by atoms with van der Waals surface area (Å²) in [5.74, 6) is -0.744. The molecule has 3 rings (SSSR count). The zero-order valence-electron chi connectivity index (χ0n) is 23.6. The summed E-state index contributed by atoms with van der Waals surface area (Å²) in [6.45, 7) is 9.24. The van der Waals surface area contributed by atoms with E-state index < -0.39 is 62.5 Å². The number of imidazole rings is 1. The second-order valence-corrected chi connectivity index (χ2v) is 13.5. The fourth-order valence-electron chi connectivity index (χ4n) is 3.62. The molecule has 0 bridgehead atoms. The van der Waals surface area contributed by atoms with Gasteiger partial charge in [-0.15, -0.1) is 0 Å². The number of ether oxygens (including phenoxy) is 2. The topological polar surface area (TPSA) is 216 Å². The normalized spacial score (nSPS) is 23.5. The van der Waals surface area contributed by atoms with E-state index in [-0.39, 0.29) is 40.4 Å². The maximum Gasteiger partial charge on any atom is 0.406 e. The number of alkyl halides is 1. The number of aliphatic hydroxyl groups is 1. The average molecular weight is 622 g/mol. The van der Waals surface area contributed by atoms with Crippen LogP contribution < -0.4 is 16.6 Å². The van der Waals surface area contributed by atoms with Crippen molar-refractivity contribution in [3.05, 3.63) is 6.33 Å². The number of esters is 1. The van der Waals surface area contributed by atoms with Crippen LogP contribution in [0.25, 0.3) is 11.2 Å². The first-order valence-electron chi connectivity index (χ1n) is 12.8. The Morgan fingerprint density at radius 3 is 2.59 bits per heavy atom. The van der Waals surface area contributed by atoms with Crippen LogP contribution in [0.5, 0.6) is 0 Å². The molecule has 6 N–H and O–H groups in total. The zero-order valence-corrected chi connectivity index (χ0v) is 25.4. The maximum atomic E-state index is 15.2. The van der Waals surface area contributed by atoms with Gasteiger partial charge in [0.15, 0.2) is 29.0 Å². The minimum Gasteiger partial charge on any atom is -0.462 e. The smallest absolute Gasteiger partial charge is 0.406 e. The zero-order chi connectivity index (χ0) is 30.7. The largest absolute Gasteiger partial charge is 0.462 e. The molecule has 1 fully saturated rings. The summed E-state index contributed by atoms with van der Waals surface area (Å²) in [6, 6.07) is -1.11. The van der Waals surface area contributed by atoms with Crippen LogP contribution in [0.2, 0.25) is 0 Å². The second-order valence-electron chi connectivity index (χ2n) is 10.6. The SMILES string of the molecule is CC(C)OC(=O)[C@H](C)N[P@](=O)(OCCSC(=O)C(C)(C)C)OC[C@H]1O[C@@H](n2cnc3c(N)nc(N)nc32)[C@@H](F)[C@@H]1O. The Kier molecular flexibility index (Phi) is 10.7. The van der Waals surface area contributed by atoms with Crippen LogP contribution in [-0.4, -0.2) is 85.2 Å². The van der Waals surface area contributed by atoms with Gasteiger partial charge in [0.25, 0.3) is 0 Å². The molecule has 0 saturated carbocycles. The highest BCUT2D eigenvalue weighted by Crippen LogP contribution is 2.46. The number of nitrogen functional groups attached to an aromatic ring is 2. The number of anilines is 2. The van der Waals surface area contributed by atoms with Gasteiger partial charge in [-0.05, 0) is 20.8 Å². The van der Waals surface area contributed by atoms with Crippen LogP contribution in [0.1, 0.15) is 47.8 Å². The van der Waals surface area contributed by atoms with Crippen molar-refractivity contribution in [2.24, 2.45) is 5.41 Å². The number of nitrogens with one attached hydrogen (secondary N) is 1. The van der Waals surface area contributed by atoms with Crippen molar-refractivity contribution in [3.8, 4) is 0 Å². The lowest BCUT2D eigenvalue weighted by atomic mass is 10.00. The molecule has 1 saturated heterocycles. The van der Waals surface area contributed by atoms with Gasteiger partial charge in [0.1, 0.15) is 23.8 Å². The third-order valence-electron chi connectivity index (χ3n) is 5.69. The van der Waals surface area contributed by atoms with Crippen molar-refractivity contribution in [3.63, 3.8) is 0 Å². The maximum absolute atomic E-state index is 15.2. The van der Waals surface area contributed by atoms with Crippen molar-refractivity contribution >= 4 is 53.5 Å². The summed E-state index contributed by atoms with van der Waals surface area (Å²) in [4.78, 5) is 36.4. The van der Waals surface area contributed by atoms with Gasteiger partial charge in [-0.1, -0.05) is 32.5 Å². The van der Waals surface area contributed by atoms with Crippen LogP contribution in [-0.2, 0) is 32.7 Å². The van der Waals surface area contributed by atoms with E-state index in [4.69, 9.17) is 30.0 Å². The Morgan fingerprint density at radius 2 is 1.95 bits per heavy atom. The van der Waals surface area contributed by atoms with Crippen molar-refractivity contribution in [1.82, 2.24) is 24.6 Å². The molecule has 0 radical (unpaired) electrons. The highest BCUT2D eigenvalue weighted by Gasteiger charge is 2.47. The van der Waals surface area contributed by atoms with Crippen LogP contribution in [0.4, 0.5) is 16.2 Å². The summed E-state index contributed by atoms with van der Waals surface area (Å²) in [6.07, 6.45) is -5.58. The predicted molar refractivity (Wildman–Crippen MR) is 149 cm³/mol. The standard InChI is InChI=1S/C23H37FN7O8PS/c1-11(2)38-20(33)12(3)30-40(35,36-7-8-41-21(34)23(4,5)6)37-9-13-16(32)14(24)19(39-13)31-10-27-15-17(25)28-22(26)29-18(15)31/h10-14,16,19,32H,7-9H2,1-6H3,(H,30,35)(H4,25,26,28,29)/t12-,13+,14-,16+,19+,40-/m0/s1. The van der Waals surface area contributed by atoms with E-state index in [0.717, 1.165) is 11.8 Å². The number of rotatable bonds is 12. The minimum atomic E-state index is -4.27. The van der Waals surface area contributed by atoms with E-state index in [1.807, 2.05) is 0 Å². The van der Waals surface area contributed by atoms with Gasteiger partial charge in [-0.2, -0.15) is 9.97 Å². The van der Waals surface area contributed by atoms with Gasteiger partial charge in [-0.3, -0.25) is 23.2 Å². The van der Waals surface area contributed by atoms with Gasteiger partial charge in [0.2, 0.25) is 5.95 Å². The summed E-state index contributed by atoms with van der Waals surface area (Å²) in [5, 5.41) is 13.0. The quantitative estimate of drug-likeness (QED) is 0.151. The van der Waals surface area contributed by atoms with Gasteiger partial charge < -0.3 is 26.0 Å². The van der Waals surface area contributed by atoms with Crippen molar-refractivity contribution in [1.29, 1.82) is 0 Å². The number of aliphatic hydroxyl groups excluding tert-OH is 1. The number of aromatic nitrogens is 4. The molecular formula is C23H37FN7O8PS. The number of halogens is 1. The third-order valence-corrected chi connectivity index (χ3v) is 8.65. The number of nitrogens with zero attached hydrogens (tertiary/aromatic N) is 4. The average Bonchev–Trinajstić information content (AvgIpc) is 3.40. The van der Waals surface area contributed by atoms with Crippen LogP contribution >= 0.6 is 19.5 Å². The fraction of sp³-hybridized carbons (Fsp3) is 0.696. The van der Waals surface area contributed by atoms with E-state index in [0.29, 0.717) is 0 Å². The number of fused-ring (bicyclic) bond motifs is 1. The van der Waals surface area contributed by atoms with Crippen molar-refractivity contribution in [2.75, 3.05) is 30.4 Å². The molecule has 2 aromatic rings. The Bertz CT molecular complexity index is 1290. The van der Waals surface area contributed by atoms with Gasteiger partial charge in [0.05, 0.1) is 25.6 Å². The van der Waals surface area contributed by atoms with Crippen molar-refractivity contribution in [2.45, 2.75) is 78.3 Å². The van der Waals surface area contributed by atoms with E-state index in [1.54, 1.807) is 34.6 Å². The summed E-state index contributed by atoms with van der Waals surface area (Å²) >= 11 is 0.992. The number of thioether (sulfide) groups is 1. The van der Waals surface area contributed by atoms with E-state index in [9.17, 15) is 19.3 Å². The number of nitrogens with two attached hydrogens (primary N) is 2. The summed E-state index contributed by atoms with van der Waals surface area (Å²) < 4.78 is 51.8. The minimum absolute atomic E-state index is 0.0169. The Hall–Kier alpha value is -2.40. The lowest BCUT2D eigenvalue weighted by Gasteiger charge is -2.25. The number of hydrogen-bond donors (Lipinski definition) is 4. The molecule has 0 aromatic carbocycles. The molecule has 15 nitrogen and oxygen atoms in total. The molecule has 41 heavy (non-hydrogen) atoms. The third kappa shape index (κ3) is 8.34. The summed E-state index contributed by atoms with van der Waals surface area (Å²) in [5.41, 5.74) is 11.1. The highest BCUT2D eigenvalue weighted by molar-refractivity contribution is 8.13. The fourth-order valence-corrected chi connectivity index (χ4v) is 6.01. The Balaban J connectivity index is 1.72. The second kappa shape index (κ2) is 13.3. The molecule has 1 aliphatic rings. The Morgan fingerprint density at radius 1 is 1.27 bits per heavy atom. The van der Waals surface area contributed by atoms with E-state index in [2.05, 4.69) is 20.0 Å². The molecule has 0 aliphatic carbocycles. The first-order valence-corrected chi connectivity index (χ1v) is 15.3. The first kappa shape index (κ1) is 33.1. The predicted octanol–water partition coefficient (Wildman–Crippen LogP) is 1.96. The molecule has 0 unspecified atom stereocenters. The number of carbonyl (C=O) groups is 2. The van der Waals surface area contributed by atoms with Gasteiger partial charge in [0, 0.05) is 11.2 Å². The Labute approximate surface area is 240 Å². The molecule has 6 atom stereocenters. The van der Waals surface area contributed by atoms with Gasteiger partial charge >= 0.3 is 13.7 Å². The molecule has 0 spiro atoms. The lowest BCUT2D eigenvalue weighted by molar-refractivity contribution is -0.149. The molecule has 3 heterocycles. The molecule has 2 aromatic heterocycles. The monoisotopic (exact) mass is 621 g/mol. The number of carbonyl (C=O) groups excluding carboxylic acids is 2. The highest BCUT2D eigenvalue weighted by atomic mass is 32.2. The lowest BCUT2D eigenvalue weighted by Crippen LogP contribution is -2.37. The van der Waals surface area contributed by atoms with Gasteiger partial charge in [-0.25, -0.2) is 19.0 Å². The molecule has 230 valence electrons. The van der Waals surface area contributed by atoms with Crippen LogP contribution in [0.15, 0.2) is 6.33 Å². The van der Waals surface area contributed by atoms with Crippen molar-refractivity contribution < 1.29 is 42.2 Å². The first-order chi connectivity index (χ1) is 19.0. The molecule has 18 heteroatoms. The van der Waals surface area contributed by atoms with E-state index >= 15 is 4.39 Å². The van der Waals surface area contributed by atoms with E-state index in [1.165, 1.54) is 17.8 Å². The molecule has 0 amide bonds. The molecular weight excluding hydrogens is 584 g/mol.